The zero-order chi connectivity index (χ0) is 8.81. The van der Waals surface area contributed by atoms with Crippen molar-refractivity contribution in [3.05, 3.63) is 0 Å². The van der Waals surface area contributed by atoms with Gasteiger partial charge in [0.15, 0.2) is 5.78 Å². The average Bonchev–Trinajstić information content (AvgIpc) is 2.53. The Morgan fingerprint density at radius 1 is 1.33 bits per heavy atom. The van der Waals surface area contributed by atoms with Crippen LogP contribution in [-0.2, 0) is 14.3 Å². The molecule has 0 atom stereocenters. The Bertz CT molecular complexity index is 139. The van der Waals surface area contributed by atoms with E-state index in [9.17, 15) is 4.79 Å². The van der Waals surface area contributed by atoms with Crippen LogP contribution in [0.25, 0.3) is 0 Å². The number of hydrogen-bond donors (Lipinski definition) is 0. The molecule has 0 spiro atoms. The van der Waals surface area contributed by atoms with Gasteiger partial charge in [-0.3, -0.25) is 4.79 Å². The molecular formula is C9H16O3. The maximum Gasteiger partial charge on any atom is 0.183 e. The van der Waals surface area contributed by atoms with Crippen LogP contribution in [0, 0.1) is 0 Å². The van der Waals surface area contributed by atoms with E-state index in [4.69, 9.17) is 4.74 Å². The molecule has 0 heterocycles. The Hall–Kier alpha value is -0.410. The summed E-state index contributed by atoms with van der Waals surface area (Å²) in [6.45, 7) is 0.394. The molecule has 3 heteroatoms. The summed E-state index contributed by atoms with van der Waals surface area (Å²) < 4.78 is 10.1. The molecule has 0 amide bonds. The maximum atomic E-state index is 10.9. The Morgan fingerprint density at radius 2 is 2.00 bits per heavy atom. The van der Waals surface area contributed by atoms with Gasteiger partial charge < -0.3 is 9.47 Å². The van der Waals surface area contributed by atoms with Crippen LogP contribution in [0.3, 0.4) is 0 Å². The zero-order valence-corrected chi connectivity index (χ0v) is 7.54. The van der Waals surface area contributed by atoms with Crippen molar-refractivity contribution < 1.29 is 14.3 Å². The fourth-order valence-corrected chi connectivity index (χ4v) is 1.47. The highest BCUT2D eigenvalue weighted by molar-refractivity contribution is 5.80. The summed E-state index contributed by atoms with van der Waals surface area (Å²) in [4.78, 5) is 10.9. The lowest BCUT2D eigenvalue weighted by Crippen LogP contribution is -2.18. The third kappa shape index (κ3) is 3.32. The van der Waals surface area contributed by atoms with Gasteiger partial charge in [0.2, 0.25) is 0 Å². The van der Waals surface area contributed by atoms with Crippen molar-refractivity contribution in [2.45, 2.75) is 31.8 Å². The number of methoxy groups -OCH3 is 1. The standard InChI is InChI=1S/C9H16O3/c1-11-6-8(10)7-12-9-4-2-3-5-9/h9H,2-7H2,1H3. The molecule has 0 N–H and O–H groups in total. The Balaban J connectivity index is 2.03. The van der Waals surface area contributed by atoms with E-state index < -0.39 is 0 Å². The fourth-order valence-electron chi connectivity index (χ4n) is 1.47. The molecule has 12 heavy (non-hydrogen) atoms. The third-order valence-corrected chi connectivity index (χ3v) is 2.09. The molecule has 3 nitrogen and oxygen atoms in total. The quantitative estimate of drug-likeness (QED) is 0.624. The van der Waals surface area contributed by atoms with E-state index in [2.05, 4.69) is 4.74 Å². The van der Waals surface area contributed by atoms with Gasteiger partial charge in [-0.15, -0.1) is 0 Å². The molecule has 70 valence electrons. The first-order chi connectivity index (χ1) is 5.83. The van der Waals surface area contributed by atoms with Gasteiger partial charge in [0, 0.05) is 7.11 Å². The first kappa shape index (κ1) is 9.68. The minimum atomic E-state index is 0.0319. The molecule has 0 aromatic rings. The lowest BCUT2D eigenvalue weighted by atomic mass is 10.3. The summed E-state index contributed by atoms with van der Waals surface area (Å²) in [5.74, 6) is 0.0319. The highest BCUT2D eigenvalue weighted by Crippen LogP contribution is 2.20. The van der Waals surface area contributed by atoms with Gasteiger partial charge in [-0.25, -0.2) is 0 Å². The monoisotopic (exact) mass is 172 g/mol. The second-order valence-corrected chi connectivity index (χ2v) is 3.19. The van der Waals surface area contributed by atoms with E-state index in [1.165, 1.54) is 20.0 Å². The number of hydrogen-bond acceptors (Lipinski definition) is 3. The summed E-state index contributed by atoms with van der Waals surface area (Å²) in [5.41, 5.74) is 0. The van der Waals surface area contributed by atoms with E-state index in [-0.39, 0.29) is 19.0 Å². The molecule has 1 saturated carbocycles. The van der Waals surface area contributed by atoms with Crippen LogP contribution in [-0.4, -0.2) is 32.2 Å². The van der Waals surface area contributed by atoms with E-state index >= 15 is 0 Å². The summed E-state index contributed by atoms with van der Waals surface area (Å²) >= 11 is 0. The highest BCUT2D eigenvalue weighted by atomic mass is 16.5. The summed E-state index contributed by atoms with van der Waals surface area (Å²) in [5, 5.41) is 0. The van der Waals surface area contributed by atoms with Crippen LogP contribution >= 0.6 is 0 Å². The van der Waals surface area contributed by atoms with E-state index in [1.807, 2.05) is 0 Å². The van der Waals surface area contributed by atoms with Gasteiger partial charge in [-0.05, 0) is 12.8 Å². The van der Waals surface area contributed by atoms with E-state index in [0.29, 0.717) is 6.10 Å². The molecule has 0 radical (unpaired) electrons. The molecule has 1 aliphatic carbocycles. The minimum absolute atomic E-state index is 0.0319. The van der Waals surface area contributed by atoms with Gasteiger partial charge in [0.05, 0.1) is 6.10 Å². The predicted molar refractivity (Wildman–Crippen MR) is 45.1 cm³/mol. The van der Waals surface area contributed by atoms with Crippen LogP contribution in [0.2, 0.25) is 0 Å². The summed E-state index contributed by atoms with van der Waals surface area (Å²) in [6, 6.07) is 0. The molecule has 1 fully saturated rings. The molecule has 1 aliphatic rings. The Kier molecular flexibility index (Phi) is 4.25. The normalized spacial score (nSPS) is 18.4. The van der Waals surface area contributed by atoms with Crippen LogP contribution < -0.4 is 0 Å². The first-order valence-electron chi connectivity index (χ1n) is 4.45. The molecular weight excluding hydrogens is 156 g/mol. The van der Waals surface area contributed by atoms with Gasteiger partial charge in [-0.2, -0.15) is 0 Å². The van der Waals surface area contributed by atoms with E-state index in [0.717, 1.165) is 12.8 Å². The van der Waals surface area contributed by atoms with Crippen LogP contribution in [0.4, 0.5) is 0 Å². The topological polar surface area (TPSA) is 35.5 Å². The van der Waals surface area contributed by atoms with Crippen LogP contribution in [0.15, 0.2) is 0 Å². The maximum absolute atomic E-state index is 10.9. The molecule has 0 saturated heterocycles. The van der Waals surface area contributed by atoms with Crippen molar-refractivity contribution in [2.24, 2.45) is 0 Å². The van der Waals surface area contributed by atoms with Crippen molar-refractivity contribution in [1.29, 1.82) is 0 Å². The van der Waals surface area contributed by atoms with Crippen LogP contribution in [0.5, 0.6) is 0 Å². The average molecular weight is 172 g/mol. The molecule has 0 bridgehead atoms. The van der Waals surface area contributed by atoms with Crippen molar-refractivity contribution >= 4 is 5.78 Å². The largest absolute Gasteiger partial charge is 0.377 e. The molecule has 0 aliphatic heterocycles. The third-order valence-electron chi connectivity index (χ3n) is 2.09. The highest BCUT2D eigenvalue weighted by Gasteiger charge is 2.16. The fraction of sp³-hybridized carbons (Fsp3) is 0.889. The van der Waals surface area contributed by atoms with Gasteiger partial charge >= 0.3 is 0 Å². The predicted octanol–water partition coefficient (Wildman–Crippen LogP) is 1.16. The molecule has 0 aromatic carbocycles. The van der Waals surface area contributed by atoms with Gasteiger partial charge in [-0.1, -0.05) is 12.8 Å². The number of ether oxygens (including phenoxy) is 2. The van der Waals surface area contributed by atoms with Crippen molar-refractivity contribution in [3.8, 4) is 0 Å². The summed E-state index contributed by atoms with van der Waals surface area (Å²) in [7, 11) is 1.52. The zero-order valence-electron chi connectivity index (χ0n) is 7.54. The van der Waals surface area contributed by atoms with E-state index in [1.54, 1.807) is 0 Å². The Morgan fingerprint density at radius 3 is 2.58 bits per heavy atom. The number of carbonyl (C=O) groups is 1. The van der Waals surface area contributed by atoms with Gasteiger partial charge in [0.25, 0.3) is 0 Å². The number of carbonyl (C=O) groups excluding carboxylic acids is 1. The number of ketones is 1. The SMILES string of the molecule is COCC(=O)COC1CCCC1. The van der Waals surface area contributed by atoms with Crippen molar-refractivity contribution in [2.75, 3.05) is 20.3 Å². The lowest BCUT2D eigenvalue weighted by molar-refractivity contribution is -0.129. The molecule has 1 rings (SSSR count). The minimum Gasteiger partial charge on any atom is -0.377 e. The van der Waals surface area contributed by atoms with Crippen molar-refractivity contribution in [1.82, 2.24) is 0 Å². The molecule has 0 aromatic heterocycles. The number of rotatable bonds is 5. The lowest BCUT2D eigenvalue weighted by Gasteiger charge is -2.09. The van der Waals surface area contributed by atoms with Crippen molar-refractivity contribution in [3.63, 3.8) is 0 Å². The first-order valence-corrected chi connectivity index (χ1v) is 4.45. The summed E-state index contributed by atoms with van der Waals surface area (Å²) in [6.07, 6.45) is 5.03. The smallest absolute Gasteiger partial charge is 0.183 e. The second-order valence-electron chi connectivity index (χ2n) is 3.19. The van der Waals surface area contributed by atoms with Gasteiger partial charge in [0.1, 0.15) is 13.2 Å². The second kappa shape index (κ2) is 5.27. The number of Topliss-reactive ketones (excluding diaryl/α,β-unsaturated/α-hetero) is 1. The molecule has 0 unspecified atom stereocenters. The van der Waals surface area contributed by atoms with Crippen LogP contribution in [0.1, 0.15) is 25.7 Å². The Labute approximate surface area is 73.0 Å².